The predicted octanol–water partition coefficient (Wildman–Crippen LogP) is 2.86. The van der Waals surface area contributed by atoms with E-state index in [9.17, 15) is 0 Å². The maximum Gasteiger partial charge on any atom is 0.106 e. The highest BCUT2D eigenvalue weighted by atomic mass is 32.1. The summed E-state index contributed by atoms with van der Waals surface area (Å²) < 4.78 is 5.23. The molecule has 0 amide bonds. The van der Waals surface area contributed by atoms with Gasteiger partial charge in [0, 0.05) is 24.4 Å². The van der Waals surface area contributed by atoms with Crippen molar-refractivity contribution in [3.05, 3.63) is 29.3 Å². The van der Waals surface area contributed by atoms with Gasteiger partial charge in [0.25, 0.3) is 0 Å². The van der Waals surface area contributed by atoms with Crippen molar-refractivity contribution >= 4 is 22.9 Å². The lowest BCUT2D eigenvalue weighted by Gasteiger charge is -2.21. The Morgan fingerprint density at radius 2 is 2.22 bits per heavy atom. The first kappa shape index (κ1) is 14.9. The molecule has 4 heteroatoms. The van der Waals surface area contributed by atoms with Gasteiger partial charge in [0.1, 0.15) is 4.99 Å². The summed E-state index contributed by atoms with van der Waals surface area (Å²) in [6.45, 7) is 4.90. The molecule has 0 fully saturated rings. The number of thiocarbonyl (C=S) groups is 1. The molecular formula is C14H22N2OS. The van der Waals surface area contributed by atoms with Crippen LogP contribution in [-0.2, 0) is 4.74 Å². The lowest BCUT2D eigenvalue weighted by molar-refractivity contribution is 0.182. The maximum absolute atomic E-state index is 5.75. The average molecular weight is 266 g/mol. The largest absolute Gasteiger partial charge is 0.389 e. The number of rotatable bonds is 7. The van der Waals surface area contributed by atoms with Crippen molar-refractivity contribution < 1.29 is 4.74 Å². The first-order valence-electron chi connectivity index (χ1n) is 6.24. The summed E-state index contributed by atoms with van der Waals surface area (Å²) in [4.78, 5) is 0.421. The van der Waals surface area contributed by atoms with E-state index in [1.165, 1.54) is 5.56 Å². The van der Waals surface area contributed by atoms with Crippen LogP contribution in [0, 0.1) is 6.92 Å². The van der Waals surface area contributed by atoms with E-state index in [4.69, 9.17) is 22.7 Å². The molecule has 0 aliphatic rings. The molecule has 3 nitrogen and oxygen atoms in total. The highest BCUT2D eigenvalue weighted by molar-refractivity contribution is 7.80. The minimum absolute atomic E-state index is 0.287. The number of methoxy groups -OCH3 is 1. The number of benzene rings is 1. The van der Waals surface area contributed by atoms with Crippen molar-refractivity contribution in [3.63, 3.8) is 0 Å². The Hall–Kier alpha value is -1.13. The van der Waals surface area contributed by atoms with E-state index in [2.05, 4.69) is 25.2 Å². The van der Waals surface area contributed by atoms with E-state index in [0.717, 1.165) is 24.1 Å². The molecule has 3 N–H and O–H groups in total. The van der Waals surface area contributed by atoms with Crippen molar-refractivity contribution in [2.24, 2.45) is 5.73 Å². The highest BCUT2D eigenvalue weighted by Crippen LogP contribution is 2.19. The molecule has 0 saturated carbocycles. The molecule has 1 atom stereocenters. The van der Waals surface area contributed by atoms with E-state index < -0.39 is 0 Å². The molecule has 0 aliphatic heterocycles. The molecule has 0 saturated heterocycles. The van der Waals surface area contributed by atoms with Crippen molar-refractivity contribution in [1.82, 2.24) is 0 Å². The van der Waals surface area contributed by atoms with Crippen LogP contribution in [0.15, 0.2) is 18.2 Å². The standard InChI is InChI=1S/C14H22N2OS/c1-4-5-11(9-17-3)16-13-8-10(2)6-7-12(13)14(15)18/h6-8,11,16H,4-5,9H2,1-3H3,(H2,15,18). The fourth-order valence-electron chi connectivity index (χ4n) is 1.96. The van der Waals surface area contributed by atoms with Gasteiger partial charge in [0.05, 0.1) is 6.61 Å². The average Bonchev–Trinajstić information content (AvgIpc) is 2.29. The zero-order valence-corrected chi connectivity index (χ0v) is 12.1. The zero-order chi connectivity index (χ0) is 13.5. The van der Waals surface area contributed by atoms with Crippen LogP contribution in [-0.4, -0.2) is 24.7 Å². The first-order chi connectivity index (χ1) is 8.58. The molecule has 1 aromatic rings. The Balaban J connectivity index is 2.92. The van der Waals surface area contributed by atoms with E-state index in [-0.39, 0.29) is 6.04 Å². The van der Waals surface area contributed by atoms with Gasteiger partial charge in [-0.15, -0.1) is 0 Å². The summed E-state index contributed by atoms with van der Waals surface area (Å²) in [5.41, 5.74) is 8.83. The van der Waals surface area contributed by atoms with Crippen LogP contribution in [0.25, 0.3) is 0 Å². The third kappa shape index (κ3) is 4.27. The number of ether oxygens (including phenoxy) is 1. The quantitative estimate of drug-likeness (QED) is 0.745. The fraction of sp³-hybridized carbons (Fsp3) is 0.500. The zero-order valence-electron chi connectivity index (χ0n) is 11.3. The number of nitrogens with one attached hydrogen (secondary N) is 1. The Morgan fingerprint density at radius 1 is 1.50 bits per heavy atom. The number of hydrogen-bond acceptors (Lipinski definition) is 3. The van der Waals surface area contributed by atoms with Gasteiger partial charge in [-0.05, 0) is 31.0 Å². The third-order valence-corrected chi connectivity index (χ3v) is 3.03. The molecule has 0 bridgehead atoms. The van der Waals surface area contributed by atoms with Gasteiger partial charge in [-0.2, -0.15) is 0 Å². The van der Waals surface area contributed by atoms with Gasteiger partial charge in [0.2, 0.25) is 0 Å². The predicted molar refractivity (Wildman–Crippen MR) is 81.3 cm³/mol. The third-order valence-electron chi connectivity index (χ3n) is 2.81. The Bertz CT molecular complexity index is 401. The van der Waals surface area contributed by atoms with Gasteiger partial charge in [0.15, 0.2) is 0 Å². The lowest BCUT2D eigenvalue weighted by Crippen LogP contribution is -2.26. The SMILES string of the molecule is CCCC(COC)Nc1cc(C)ccc1C(N)=S. The molecule has 1 unspecified atom stereocenters. The monoisotopic (exact) mass is 266 g/mol. The first-order valence-corrected chi connectivity index (χ1v) is 6.65. The summed E-state index contributed by atoms with van der Waals surface area (Å²) in [7, 11) is 1.72. The van der Waals surface area contributed by atoms with E-state index >= 15 is 0 Å². The Kier molecular flexibility index (Phi) is 6.09. The van der Waals surface area contributed by atoms with Crippen LogP contribution in [0.1, 0.15) is 30.9 Å². The van der Waals surface area contributed by atoms with Crippen LogP contribution in [0.3, 0.4) is 0 Å². The van der Waals surface area contributed by atoms with Crippen LogP contribution in [0.5, 0.6) is 0 Å². The van der Waals surface area contributed by atoms with Gasteiger partial charge in [-0.3, -0.25) is 0 Å². The van der Waals surface area contributed by atoms with Crippen LogP contribution in [0.4, 0.5) is 5.69 Å². The van der Waals surface area contributed by atoms with Crippen molar-refractivity contribution in [2.45, 2.75) is 32.7 Å². The molecule has 1 rings (SSSR count). The van der Waals surface area contributed by atoms with Crippen molar-refractivity contribution in [2.75, 3.05) is 19.0 Å². The Morgan fingerprint density at radius 3 is 2.78 bits per heavy atom. The van der Waals surface area contributed by atoms with Gasteiger partial charge >= 0.3 is 0 Å². The van der Waals surface area contributed by atoms with Crippen molar-refractivity contribution in [1.29, 1.82) is 0 Å². The number of aryl methyl sites for hydroxylation is 1. The molecule has 0 aliphatic carbocycles. The number of hydrogen-bond donors (Lipinski definition) is 2. The second kappa shape index (κ2) is 7.34. The molecule has 0 spiro atoms. The minimum atomic E-state index is 0.287. The molecule has 0 heterocycles. The fourth-order valence-corrected chi connectivity index (χ4v) is 2.14. The van der Waals surface area contributed by atoms with Gasteiger partial charge in [-0.1, -0.05) is 31.6 Å². The second-order valence-corrected chi connectivity index (χ2v) is 4.94. The highest BCUT2D eigenvalue weighted by Gasteiger charge is 2.11. The topological polar surface area (TPSA) is 47.3 Å². The van der Waals surface area contributed by atoms with E-state index in [1.54, 1.807) is 7.11 Å². The molecule has 0 radical (unpaired) electrons. The number of nitrogens with two attached hydrogens (primary N) is 1. The molecule has 0 aromatic heterocycles. The minimum Gasteiger partial charge on any atom is -0.389 e. The number of anilines is 1. The summed E-state index contributed by atoms with van der Waals surface area (Å²) in [5, 5.41) is 3.48. The van der Waals surface area contributed by atoms with Crippen LogP contribution < -0.4 is 11.1 Å². The summed E-state index contributed by atoms with van der Waals surface area (Å²) in [6, 6.07) is 6.35. The summed E-state index contributed by atoms with van der Waals surface area (Å²) in [6.07, 6.45) is 2.16. The smallest absolute Gasteiger partial charge is 0.106 e. The summed E-state index contributed by atoms with van der Waals surface area (Å²) in [5.74, 6) is 0. The molecule has 18 heavy (non-hydrogen) atoms. The molecule has 1 aromatic carbocycles. The lowest BCUT2D eigenvalue weighted by atomic mass is 10.1. The van der Waals surface area contributed by atoms with Gasteiger partial charge < -0.3 is 15.8 Å². The maximum atomic E-state index is 5.75. The van der Waals surface area contributed by atoms with Crippen LogP contribution >= 0.6 is 12.2 Å². The molecule has 100 valence electrons. The van der Waals surface area contributed by atoms with Crippen LogP contribution in [0.2, 0.25) is 0 Å². The van der Waals surface area contributed by atoms with E-state index in [1.807, 2.05) is 12.1 Å². The van der Waals surface area contributed by atoms with E-state index in [0.29, 0.717) is 11.6 Å². The molecular weight excluding hydrogens is 244 g/mol. The van der Waals surface area contributed by atoms with Gasteiger partial charge in [-0.25, -0.2) is 0 Å². The second-order valence-electron chi connectivity index (χ2n) is 4.50. The Labute approximate surface area is 115 Å². The normalized spacial score (nSPS) is 12.2. The van der Waals surface area contributed by atoms with Crippen molar-refractivity contribution in [3.8, 4) is 0 Å². The summed E-state index contributed by atoms with van der Waals surface area (Å²) >= 11 is 5.08.